The molecule has 6 nitrogen and oxygen atoms in total. The lowest BCUT2D eigenvalue weighted by molar-refractivity contribution is -0.152. The van der Waals surface area contributed by atoms with E-state index >= 15 is 0 Å². The highest BCUT2D eigenvalue weighted by molar-refractivity contribution is 7.10. The van der Waals surface area contributed by atoms with Crippen molar-refractivity contribution in [3.8, 4) is 5.75 Å². The Balaban J connectivity index is 1.72. The van der Waals surface area contributed by atoms with Gasteiger partial charge in [0.2, 0.25) is 5.91 Å². The molecule has 0 saturated carbocycles. The standard InChI is InChI=1S/C29H26FNO5S/c1-3-36-29(34)27-20(24-9-6-14-37-24)15-23-26(28(27)33)19(17-10-12-18(35-2)13-11-17)16-25(32)31(23)22-8-5-4-7-21(22)30/h4-14,19-20,27H,3,15-16H2,1-2H3/t19-,20-,27+/m0/s1. The fourth-order valence-corrected chi connectivity index (χ4v) is 6.20. The van der Waals surface area contributed by atoms with E-state index in [-0.39, 0.29) is 36.8 Å². The van der Waals surface area contributed by atoms with E-state index in [2.05, 4.69) is 0 Å². The molecule has 0 N–H and O–H groups in total. The molecule has 1 aliphatic heterocycles. The number of Topliss-reactive ketones (excluding diaryl/α,β-unsaturated/α-hetero) is 1. The summed E-state index contributed by atoms with van der Waals surface area (Å²) in [6, 6.07) is 17.0. The molecule has 8 heteroatoms. The fourth-order valence-electron chi connectivity index (χ4n) is 5.34. The average molecular weight is 520 g/mol. The predicted molar refractivity (Wildman–Crippen MR) is 138 cm³/mol. The third-order valence-electron chi connectivity index (χ3n) is 6.98. The van der Waals surface area contributed by atoms with Gasteiger partial charge in [-0.25, -0.2) is 4.39 Å². The highest BCUT2D eigenvalue weighted by Gasteiger charge is 2.50. The van der Waals surface area contributed by atoms with E-state index in [9.17, 15) is 18.8 Å². The van der Waals surface area contributed by atoms with Crippen molar-refractivity contribution in [1.82, 2.24) is 0 Å². The molecule has 2 aliphatic rings. The van der Waals surface area contributed by atoms with Gasteiger partial charge in [-0.1, -0.05) is 30.3 Å². The molecular formula is C29H26FNO5S. The first-order valence-electron chi connectivity index (χ1n) is 12.1. The number of esters is 1. The summed E-state index contributed by atoms with van der Waals surface area (Å²) < 4.78 is 25.6. The normalized spacial score (nSPS) is 21.6. The number of halogens is 1. The zero-order chi connectivity index (χ0) is 26.1. The lowest BCUT2D eigenvalue weighted by atomic mass is 9.69. The van der Waals surface area contributed by atoms with Crippen LogP contribution in [-0.4, -0.2) is 31.4 Å². The molecule has 0 fully saturated rings. The maximum absolute atomic E-state index is 15.0. The largest absolute Gasteiger partial charge is 0.497 e. The number of methoxy groups -OCH3 is 1. The molecule has 2 heterocycles. The highest BCUT2D eigenvalue weighted by Crippen LogP contribution is 2.50. The fraction of sp³-hybridized carbons (Fsp3) is 0.276. The van der Waals surface area contributed by atoms with Crippen molar-refractivity contribution in [3.63, 3.8) is 0 Å². The molecule has 1 amide bonds. The molecule has 3 aromatic rings. The van der Waals surface area contributed by atoms with Crippen molar-refractivity contribution < 1.29 is 28.2 Å². The van der Waals surface area contributed by atoms with E-state index in [1.807, 2.05) is 29.6 Å². The third-order valence-corrected chi connectivity index (χ3v) is 7.99. The summed E-state index contributed by atoms with van der Waals surface area (Å²) in [5.41, 5.74) is 1.64. The smallest absolute Gasteiger partial charge is 0.317 e. The maximum atomic E-state index is 15.0. The summed E-state index contributed by atoms with van der Waals surface area (Å²) in [5.74, 6) is -3.34. The van der Waals surface area contributed by atoms with Gasteiger partial charge in [0.25, 0.3) is 0 Å². The Hall–Kier alpha value is -3.78. The van der Waals surface area contributed by atoms with Gasteiger partial charge < -0.3 is 9.47 Å². The minimum atomic E-state index is -1.05. The number of carbonyl (C=O) groups is 3. The van der Waals surface area contributed by atoms with Crippen LogP contribution in [0.25, 0.3) is 0 Å². The minimum Gasteiger partial charge on any atom is -0.497 e. The number of hydrogen-bond donors (Lipinski definition) is 0. The number of ether oxygens (including phenoxy) is 2. The zero-order valence-corrected chi connectivity index (χ0v) is 21.3. The van der Waals surface area contributed by atoms with Crippen LogP contribution in [0.4, 0.5) is 10.1 Å². The summed E-state index contributed by atoms with van der Waals surface area (Å²) in [6.07, 6.45) is 0.183. The Morgan fingerprint density at radius 3 is 2.46 bits per heavy atom. The number of carbonyl (C=O) groups excluding carboxylic acids is 3. The van der Waals surface area contributed by atoms with Gasteiger partial charge in [-0.2, -0.15) is 0 Å². The van der Waals surface area contributed by atoms with Gasteiger partial charge in [0.1, 0.15) is 17.5 Å². The van der Waals surface area contributed by atoms with E-state index in [1.165, 1.54) is 28.4 Å². The van der Waals surface area contributed by atoms with Gasteiger partial charge in [-0.05, 0) is 54.6 Å². The van der Waals surface area contributed by atoms with Crippen LogP contribution in [0.2, 0.25) is 0 Å². The zero-order valence-electron chi connectivity index (χ0n) is 20.5. The molecule has 190 valence electrons. The van der Waals surface area contributed by atoms with E-state index in [1.54, 1.807) is 38.3 Å². The molecule has 0 spiro atoms. The lowest BCUT2D eigenvalue weighted by Gasteiger charge is -2.42. The summed E-state index contributed by atoms with van der Waals surface area (Å²) in [7, 11) is 1.56. The second-order valence-electron chi connectivity index (χ2n) is 8.99. The molecule has 0 radical (unpaired) electrons. The molecule has 5 rings (SSSR count). The van der Waals surface area contributed by atoms with Gasteiger partial charge in [0.05, 0.1) is 19.4 Å². The number of ketones is 1. The maximum Gasteiger partial charge on any atom is 0.317 e. The van der Waals surface area contributed by atoms with E-state index in [4.69, 9.17) is 9.47 Å². The lowest BCUT2D eigenvalue weighted by Crippen LogP contribution is -2.46. The number of hydrogen-bond acceptors (Lipinski definition) is 6. The molecule has 0 saturated heterocycles. The summed E-state index contributed by atoms with van der Waals surface area (Å²) in [6.45, 7) is 1.85. The van der Waals surface area contributed by atoms with Crippen molar-refractivity contribution in [3.05, 3.63) is 93.6 Å². The Morgan fingerprint density at radius 2 is 1.81 bits per heavy atom. The number of rotatable bonds is 6. The first-order valence-corrected chi connectivity index (χ1v) is 13.0. The molecule has 0 unspecified atom stereocenters. The van der Waals surface area contributed by atoms with Gasteiger partial charge >= 0.3 is 5.97 Å². The van der Waals surface area contributed by atoms with Crippen LogP contribution >= 0.6 is 11.3 Å². The van der Waals surface area contributed by atoms with Crippen LogP contribution in [0.5, 0.6) is 5.75 Å². The highest BCUT2D eigenvalue weighted by atomic mass is 32.1. The number of thiophene rings is 1. The number of anilines is 1. The second kappa shape index (κ2) is 10.3. The minimum absolute atomic E-state index is 0.0373. The Labute approximate surface area is 218 Å². The third kappa shape index (κ3) is 4.46. The van der Waals surface area contributed by atoms with Crippen LogP contribution in [0.15, 0.2) is 77.3 Å². The molecule has 2 aromatic carbocycles. The number of nitrogens with zero attached hydrogens (tertiary/aromatic N) is 1. The Bertz CT molecular complexity index is 1370. The molecule has 3 atom stereocenters. The molecule has 0 bridgehead atoms. The first kappa shape index (κ1) is 24.9. The number of amides is 1. The van der Waals surface area contributed by atoms with Crippen molar-refractivity contribution in [1.29, 1.82) is 0 Å². The molecule has 1 aliphatic carbocycles. The topological polar surface area (TPSA) is 72.9 Å². The van der Waals surface area contributed by atoms with Crippen molar-refractivity contribution in [2.75, 3.05) is 18.6 Å². The molecular weight excluding hydrogens is 493 g/mol. The van der Waals surface area contributed by atoms with Gasteiger partial charge in [-0.3, -0.25) is 19.3 Å². The van der Waals surface area contributed by atoms with E-state index in [0.717, 1.165) is 10.4 Å². The SMILES string of the molecule is CCOC(=O)[C@H]1C(=O)C2=C(C[C@H]1c1cccs1)N(c1ccccc1F)C(=O)C[C@H]2c1ccc(OC)cc1. The van der Waals surface area contributed by atoms with Crippen molar-refractivity contribution in [2.24, 2.45) is 5.92 Å². The summed E-state index contributed by atoms with van der Waals surface area (Å²) >= 11 is 1.44. The van der Waals surface area contributed by atoms with Crippen LogP contribution in [0.1, 0.15) is 42.0 Å². The first-order chi connectivity index (χ1) is 17.9. The predicted octanol–water partition coefficient (Wildman–Crippen LogP) is 5.61. The van der Waals surface area contributed by atoms with Crippen LogP contribution in [0.3, 0.4) is 0 Å². The summed E-state index contributed by atoms with van der Waals surface area (Å²) in [4.78, 5) is 43.2. The van der Waals surface area contributed by atoms with Crippen molar-refractivity contribution >= 4 is 34.7 Å². The molecule has 1 aromatic heterocycles. The number of benzene rings is 2. The van der Waals surface area contributed by atoms with Crippen LogP contribution in [-0.2, 0) is 19.1 Å². The van der Waals surface area contributed by atoms with Crippen LogP contribution in [0, 0.1) is 11.7 Å². The van der Waals surface area contributed by atoms with E-state index in [0.29, 0.717) is 17.0 Å². The quantitative estimate of drug-likeness (QED) is 0.313. The van der Waals surface area contributed by atoms with Gasteiger partial charge in [0.15, 0.2) is 5.78 Å². The Kier molecular flexibility index (Phi) is 6.93. The van der Waals surface area contributed by atoms with Gasteiger partial charge in [0, 0.05) is 34.4 Å². The molecule has 37 heavy (non-hydrogen) atoms. The van der Waals surface area contributed by atoms with Gasteiger partial charge in [-0.15, -0.1) is 11.3 Å². The van der Waals surface area contributed by atoms with E-state index < -0.39 is 29.5 Å². The summed E-state index contributed by atoms with van der Waals surface area (Å²) in [5, 5.41) is 1.88. The monoisotopic (exact) mass is 519 g/mol. The van der Waals surface area contributed by atoms with Crippen molar-refractivity contribution in [2.45, 2.75) is 31.6 Å². The number of para-hydroxylation sites is 1. The van der Waals surface area contributed by atoms with Crippen LogP contribution < -0.4 is 9.64 Å². The number of allylic oxidation sites excluding steroid dienone is 2. The Morgan fingerprint density at radius 1 is 1.05 bits per heavy atom. The average Bonchev–Trinajstić information content (AvgIpc) is 3.44. The second-order valence-corrected chi connectivity index (χ2v) is 9.97.